The fourth-order valence-electron chi connectivity index (χ4n) is 2.95. The molecule has 0 saturated heterocycles. The minimum atomic E-state index is -0.885. The van der Waals surface area contributed by atoms with Crippen molar-refractivity contribution in [3.8, 4) is 0 Å². The highest BCUT2D eigenvalue weighted by Crippen LogP contribution is 2.28. The molecule has 1 aliphatic rings. The zero-order valence-corrected chi connectivity index (χ0v) is 13.9. The number of carboxylic acids is 1. The molecule has 0 bridgehead atoms. The van der Waals surface area contributed by atoms with E-state index in [1.165, 1.54) is 17.7 Å². The Morgan fingerprint density at radius 1 is 1.08 bits per heavy atom. The van der Waals surface area contributed by atoms with Gasteiger partial charge < -0.3 is 5.11 Å². The molecular formula is C19H19ClFNO2. The van der Waals surface area contributed by atoms with E-state index in [1.54, 1.807) is 12.1 Å². The lowest BCUT2D eigenvalue weighted by Gasteiger charge is -2.30. The molecule has 0 saturated carbocycles. The van der Waals surface area contributed by atoms with E-state index in [1.807, 2.05) is 18.2 Å². The molecule has 0 radical (unpaired) electrons. The van der Waals surface area contributed by atoms with Crippen molar-refractivity contribution in [3.63, 3.8) is 0 Å². The van der Waals surface area contributed by atoms with Gasteiger partial charge in [-0.15, -0.1) is 12.4 Å². The molecule has 0 unspecified atom stereocenters. The zero-order chi connectivity index (χ0) is 16.2. The van der Waals surface area contributed by atoms with E-state index in [0.717, 1.165) is 17.7 Å². The third kappa shape index (κ3) is 4.22. The van der Waals surface area contributed by atoms with Crippen LogP contribution in [0.4, 0.5) is 4.39 Å². The summed E-state index contributed by atoms with van der Waals surface area (Å²) in [6.45, 7) is 2.04. The Morgan fingerprint density at radius 2 is 1.75 bits per heavy atom. The molecule has 1 heterocycles. The second kappa shape index (κ2) is 8.08. The van der Waals surface area contributed by atoms with Crippen molar-refractivity contribution >= 4 is 23.9 Å². The highest BCUT2D eigenvalue weighted by molar-refractivity contribution is 5.97. The fourth-order valence-corrected chi connectivity index (χ4v) is 2.95. The van der Waals surface area contributed by atoms with Gasteiger partial charge in [0.25, 0.3) is 0 Å². The van der Waals surface area contributed by atoms with Gasteiger partial charge in [0.1, 0.15) is 5.82 Å². The van der Waals surface area contributed by atoms with Crippen molar-refractivity contribution in [3.05, 3.63) is 77.1 Å². The number of carboxylic acid groups (broad SMARTS) is 1. The molecule has 126 valence electrons. The first-order valence-electron chi connectivity index (χ1n) is 7.61. The lowest BCUT2D eigenvalue weighted by atomic mass is 9.93. The molecule has 3 nitrogen and oxygen atoms in total. The van der Waals surface area contributed by atoms with Gasteiger partial charge in [-0.25, -0.2) is 9.18 Å². The second-order valence-corrected chi connectivity index (χ2v) is 5.72. The Balaban J connectivity index is 0.00000208. The van der Waals surface area contributed by atoms with E-state index >= 15 is 0 Å². The van der Waals surface area contributed by atoms with Gasteiger partial charge >= 0.3 is 5.97 Å². The average molecular weight is 348 g/mol. The Kier molecular flexibility index (Phi) is 6.12. The fraction of sp³-hybridized carbons (Fsp3) is 0.211. The van der Waals surface area contributed by atoms with Crippen molar-refractivity contribution in [2.75, 3.05) is 13.1 Å². The molecule has 1 N–H and O–H groups in total. The van der Waals surface area contributed by atoms with Gasteiger partial charge in [0.05, 0.1) is 0 Å². The molecule has 2 aromatic rings. The number of carbonyl (C=O) groups is 1. The summed E-state index contributed by atoms with van der Waals surface area (Å²) in [6, 6.07) is 16.2. The van der Waals surface area contributed by atoms with E-state index in [2.05, 4.69) is 17.0 Å². The van der Waals surface area contributed by atoms with Crippen molar-refractivity contribution in [1.82, 2.24) is 4.90 Å². The van der Waals surface area contributed by atoms with Gasteiger partial charge in [-0.3, -0.25) is 4.90 Å². The van der Waals surface area contributed by atoms with Crippen LogP contribution in [-0.4, -0.2) is 29.1 Å². The van der Waals surface area contributed by atoms with E-state index in [9.17, 15) is 14.3 Å². The largest absolute Gasteiger partial charge is 0.478 e. The zero-order valence-electron chi connectivity index (χ0n) is 13.1. The number of rotatable bonds is 4. The topological polar surface area (TPSA) is 40.5 Å². The molecule has 0 fully saturated rings. The normalized spacial score (nSPS) is 15.0. The van der Waals surface area contributed by atoms with Crippen LogP contribution in [0.3, 0.4) is 0 Å². The molecule has 5 heteroatoms. The van der Waals surface area contributed by atoms with E-state index in [4.69, 9.17) is 0 Å². The lowest BCUT2D eigenvalue weighted by molar-refractivity contribution is -0.132. The number of nitrogens with zero attached hydrogens (tertiary/aromatic N) is 1. The molecule has 24 heavy (non-hydrogen) atoms. The minimum Gasteiger partial charge on any atom is -0.478 e. The third-order valence-electron chi connectivity index (χ3n) is 4.12. The summed E-state index contributed by atoms with van der Waals surface area (Å²) in [5.41, 5.74) is 3.19. The van der Waals surface area contributed by atoms with Crippen molar-refractivity contribution < 1.29 is 14.3 Å². The van der Waals surface area contributed by atoms with Crippen LogP contribution in [0.2, 0.25) is 0 Å². The monoisotopic (exact) mass is 347 g/mol. The third-order valence-corrected chi connectivity index (χ3v) is 4.12. The first-order valence-corrected chi connectivity index (χ1v) is 7.61. The van der Waals surface area contributed by atoms with E-state index in [-0.39, 0.29) is 18.2 Å². The predicted octanol–water partition coefficient (Wildman–Crippen LogP) is 3.99. The van der Waals surface area contributed by atoms with Crippen LogP contribution in [0.15, 0.2) is 60.2 Å². The predicted molar refractivity (Wildman–Crippen MR) is 94.5 cm³/mol. The Labute approximate surface area is 146 Å². The van der Waals surface area contributed by atoms with Gasteiger partial charge in [0, 0.05) is 25.2 Å². The maximum absolute atomic E-state index is 13.1. The summed E-state index contributed by atoms with van der Waals surface area (Å²) < 4.78 is 13.1. The number of hydrogen-bond acceptors (Lipinski definition) is 2. The van der Waals surface area contributed by atoms with Crippen molar-refractivity contribution in [2.45, 2.75) is 13.0 Å². The number of aliphatic carboxylic acids is 1. The molecule has 0 atom stereocenters. The van der Waals surface area contributed by atoms with Crippen molar-refractivity contribution in [1.29, 1.82) is 0 Å². The van der Waals surface area contributed by atoms with E-state index < -0.39 is 5.97 Å². The van der Waals surface area contributed by atoms with Crippen molar-refractivity contribution in [2.24, 2.45) is 0 Å². The van der Waals surface area contributed by atoms with Crippen LogP contribution in [0.1, 0.15) is 17.5 Å². The number of hydrogen-bond donors (Lipinski definition) is 1. The molecule has 2 aromatic carbocycles. The van der Waals surface area contributed by atoms with Gasteiger partial charge in [-0.05, 0) is 35.3 Å². The molecule has 0 aliphatic carbocycles. The van der Waals surface area contributed by atoms with Crippen LogP contribution in [-0.2, 0) is 11.3 Å². The van der Waals surface area contributed by atoms with Crippen LogP contribution in [0, 0.1) is 5.82 Å². The molecule has 3 rings (SSSR count). The lowest BCUT2D eigenvalue weighted by Crippen LogP contribution is -2.32. The quantitative estimate of drug-likeness (QED) is 0.909. The highest BCUT2D eigenvalue weighted by atomic mass is 35.5. The Hall–Kier alpha value is -2.17. The molecule has 0 aromatic heterocycles. The molecule has 0 spiro atoms. The first kappa shape index (κ1) is 18.2. The van der Waals surface area contributed by atoms with Crippen LogP contribution < -0.4 is 0 Å². The van der Waals surface area contributed by atoms with Gasteiger partial charge in [-0.2, -0.15) is 0 Å². The first-order chi connectivity index (χ1) is 11.1. The van der Waals surface area contributed by atoms with Crippen LogP contribution in [0.25, 0.3) is 5.57 Å². The second-order valence-electron chi connectivity index (χ2n) is 5.72. The molecular weight excluding hydrogens is 329 g/mol. The maximum atomic E-state index is 13.1. The SMILES string of the molecule is Cl.O=C(O)C1=C(c2ccc(F)cc2)CN(Cc2ccccc2)CC1. The summed E-state index contributed by atoms with van der Waals surface area (Å²) in [7, 11) is 0. The summed E-state index contributed by atoms with van der Waals surface area (Å²) in [4.78, 5) is 13.7. The summed E-state index contributed by atoms with van der Waals surface area (Å²) in [5.74, 6) is -1.20. The van der Waals surface area contributed by atoms with Gasteiger partial charge in [-0.1, -0.05) is 42.5 Å². The summed E-state index contributed by atoms with van der Waals surface area (Å²) >= 11 is 0. The van der Waals surface area contributed by atoms with Crippen LogP contribution >= 0.6 is 12.4 Å². The Morgan fingerprint density at radius 3 is 2.38 bits per heavy atom. The molecule has 1 aliphatic heterocycles. The maximum Gasteiger partial charge on any atom is 0.331 e. The minimum absolute atomic E-state index is 0. The van der Waals surface area contributed by atoms with Gasteiger partial charge in [0.15, 0.2) is 0 Å². The standard InChI is InChI=1S/C19H18FNO2.ClH/c20-16-8-6-15(7-9-16)18-13-21(11-10-17(18)19(22)23)12-14-4-2-1-3-5-14;/h1-9H,10-13H2,(H,22,23);1H. The summed E-state index contributed by atoms with van der Waals surface area (Å²) in [5, 5.41) is 9.45. The number of halogens is 2. The Bertz CT molecular complexity index is 729. The highest BCUT2D eigenvalue weighted by Gasteiger charge is 2.24. The van der Waals surface area contributed by atoms with E-state index in [0.29, 0.717) is 25.1 Å². The molecule has 0 amide bonds. The van der Waals surface area contributed by atoms with Gasteiger partial charge in [0.2, 0.25) is 0 Å². The average Bonchev–Trinajstić information content (AvgIpc) is 2.56. The van der Waals surface area contributed by atoms with Crippen LogP contribution in [0.5, 0.6) is 0 Å². The summed E-state index contributed by atoms with van der Waals surface area (Å²) in [6.07, 6.45) is 0.495. The number of benzene rings is 2. The smallest absolute Gasteiger partial charge is 0.331 e.